The minimum atomic E-state index is 0.173. The minimum absolute atomic E-state index is 0.173. The van der Waals surface area contributed by atoms with Crippen molar-refractivity contribution in [3.05, 3.63) is 59.7 Å². The summed E-state index contributed by atoms with van der Waals surface area (Å²) in [7, 11) is 1.65. The molecular formula is C21H25NO3S. The van der Waals surface area contributed by atoms with Crippen LogP contribution in [0.15, 0.2) is 48.5 Å². The number of ether oxygens (including phenoxy) is 3. The summed E-state index contributed by atoms with van der Waals surface area (Å²) in [5.74, 6) is 1.40. The fourth-order valence-corrected chi connectivity index (χ4v) is 3.46. The van der Waals surface area contributed by atoms with E-state index in [4.69, 9.17) is 26.4 Å². The zero-order chi connectivity index (χ0) is 18.5. The first-order chi connectivity index (χ1) is 12.6. The molecule has 5 heteroatoms. The molecule has 1 fully saturated rings. The van der Waals surface area contributed by atoms with Crippen molar-refractivity contribution in [2.45, 2.75) is 32.7 Å². The summed E-state index contributed by atoms with van der Waals surface area (Å²) >= 11 is 5.71. The second kappa shape index (κ2) is 8.52. The number of rotatable bonds is 5. The van der Waals surface area contributed by atoms with Crippen LogP contribution in [0.1, 0.15) is 25.0 Å². The maximum absolute atomic E-state index is 5.93. The van der Waals surface area contributed by atoms with E-state index < -0.39 is 0 Å². The van der Waals surface area contributed by atoms with Gasteiger partial charge >= 0.3 is 0 Å². The van der Waals surface area contributed by atoms with Gasteiger partial charge < -0.3 is 19.1 Å². The molecule has 1 heterocycles. The van der Waals surface area contributed by atoms with Crippen LogP contribution in [-0.2, 0) is 11.3 Å². The molecule has 0 saturated carbocycles. The van der Waals surface area contributed by atoms with Crippen molar-refractivity contribution in [2.75, 3.05) is 20.2 Å². The lowest BCUT2D eigenvalue weighted by Gasteiger charge is -2.37. The molecule has 0 N–H and O–H groups in total. The number of nitrogens with zero attached hydrogens (tertiary/aromatic N) is 1. The van der Waals surface area contributed by atoms with E-state index in [1.807, 2.05) is 48.5 Å². The molecule has 0 spiro atoms. The molecule has 1 saturated heterocycles. The van der Waals surface area contributed by atoms with E-state index in [1.165, 1.54) is 0 Å². The summed E-state index contributed by atoms with van der Waals surface area (Å²) in [4.78, 5) is 3.02. The summed E-state index contributed by atoms with van der Waals surface area (Å²) in [6.45, 7) is 6.26. The van der Waals surface area contributed by atoms with Gasteiger partial charge in [0.25, 0.3) is 0 Å². The van der Waals surface area contributed by atoms with Crippen LogP contribution in [0.2, 0.25) is 0 Å². The number of hydrogen-bond acceptors (Lipinski definition) is 4. The summed E-state index contributed by atoms with van der Waals surface area (Å²) in [6, 6.07) is 15.9. The van der Waals surface area contributed by atoms with Gasteiger partial charge in [-0.3, -0.25) is 0 Å². The van der Waals surface area contributed by atoms with E-state index in [2.05, 4.69) is 18.7 Å². The van der Waals surface area contributed by atoms with E-state index in [9.17, 15) is 0 Å². The molecule has 2 aromatic rings. The standard InChI is InChI=1S/C21H25NO3S/c1-15-12-22(13-16(2)25-15)21(26)18-9-10-19(20(11-18)23-3)24-14-17-7-5-4-6-8-17/h4-11,15-16H,12-14H2,1-3H3/t15-,16-/m1/s1. The molecular weight excluding hydrogens is 346 g/mol. The highest BCUT2D eigenvalue weighted by Crippen LogP contribution is 2.30. The highest BCUT2D eigenvalue weighted by molar-refractivity contribution is 7.80. The Balaban J connectivity index is 1.72. The third kappa shape index (κ3) is 4.54. The monoisotopic (exact) mass is 371 g/mol. The smallest absolute Gasteiger partial charge is 0.161 e. The van der Waals surface area contributed by atoms with Crippen molar-refractivity contribution < 1.29 is 14.2 Å². The molecule has 0 amide bonds. The number of morpholine rings is 1. The molecule has 0 bridgehead atoms. The second-order valence-corrected chi connectivity index (χ2v) is 6.99. The number of benzene rings is 2. The lowest BCUT2D eigenvalue weighted by molar-refractivity contribution is -0.0472. The summed E-state index contributed by atoms with van der Waals surface area (Å²) in [6.07, 6.45) is 0.346. The maximum Gasteiger partial charge on any atom is 0.161 e. The summed E-state index contributed by atoms with van der Waals surface area (Å²) in [5.41, 5.74) is 2.08. The van der Waals surface area contributed by atoms with Crippen molar-refractivity contribution in [3.63, 3.8) is 0 Å². The largest absolute Gasteiger partial charge is 0.493 e. The number of hydrogen-bond donors (Lipinski definition) is 0. The molecule has 3 rings (SSSR count). The van der Waals surface area contributed by atoms with E-state index in [0.717, 1.165) is 29.2 Å². The molecule has 138 valence electrons. The molecule has 2 atom stereocenters. The summed E-state index contributed by atoms with van der Waals surface area (Å²) < 4.78 is 17.2. The highest BCUT2D eigenvalue weighted by Gasteiger charge is 2.25. The molecule has 26 heavy (non-hydrogen) atoms. The lowest BCUT2D eigenvalue weighted by Crippen LogP contribution is -2.47. The van der Waals surface area contributed by atoms with Gasteiger partial charge in [0.1, 0.15) is 11.6 Å². The third-order valence-electron chi connectivity index (χ3n) is 4.35. The van der Waals surface area contributed by atoms with Crippen LogP contribution < -0.4 is 9.47 Å². The maximum atomic E-state index is 5.93. The Bertz CT molecular complexity index is 740. The fraction of sp³-hybridized carbons (Fsp3) is 0.381. The predicted octanol–water partition coefficient (Wildman–Crippen LogP) is 4.06. The summed E-state index contributed by atoms with van der Waals surface area (Å²) in [5, 5.41) is 0. The highest BCUT2D eigenvalue weighted by atomic mass is 32.1. The van der Waals surface area contributed by atoms with Gasteiger partial charge in [-0.2, -0.15) is 0 Å². The van der Waals surface area contributed by atoms with Gasteiger partial charge in [0.2, 0.25) is 0 Å². The number of methoxy groups -OCH3 is 1. The molecule has 0 unspecified atom stereocenters. The van der Waals surface area contributed by atoms with Crippen LogP contribution in [0.25, 0.3) is 0 Å². The second-order valence-electron chi connectivity index (χ2n) is 6.61. The van der Waals surface area contributed by atoms with E-state index in [0.29, 0.717) is 18.1 Å². The van der Waals surface area contributed by atoms with Gasteiger partial charge in [-0.15, -0.1) is 0 Å². The van der Waals surface area contributed by atoms with Crippen molar-refractivity contribution >= 4 is 17.2 Å². The third-order valence-corrected chi connectivity index (χ3v) is 4.85. The first-order valence-corrected chi connectivity index (χ1v) is 9.27. The van der Waals surface area contributed by atoms with Gasteiger partial charge in [-0.1, -0.05) is 42.5 Å². The number of thiocarbonyl (C=S) groups is 1. The normalized spacial score (nSPS) is 19.9. The Morgan fingerprint density at radius 1 is 1.08 bits per heavy atom. The van der Waals surface area contributed by atoms with Crippen LogP contribution >= 0.6 is 12.2 Å². The van der Waals surface area contributed by atoms with E-state index in [-0.39, 0.29) is 12.2 Å². The van der Waals surface area contributed by atoms with Gasteiger partial charge in [0.15, 0.2) is 11.5 Å². The Morgan fingerprint density at radius 2 is 1.77 bits per heavy atom. The molecule has 1 aliphatic heterocycles. The molecule has 0 aliphatic carbocycles. The predicted molar refractivity (Wildman–Crippen MR) is 107 cm³/mol. The first kappa shape index (κ1) is 18.7. The molecule has 0 aromatic heterocycles. The topological polar surface area (TPSA) is 30.9 Å². The Hall–Kier alpha value is -2.11. The molecule has 0 radical (unpaired) electrons. The Kier molecular flexibility index (Phi) is 6.12. The van der Waals surface area contributed by atoms with Crippen LogP contribution in [0, 0.1) is 0 Å². The van der Waals surface area contributed by atoms with Crippen LogP contribution in [0.3, 0.4) is 0 Å². The van der Waals surface area contributed by atoms with Gasteiger partial charge in [-0.05, 0) is 37.6 Å². The first-order valence-electron chi connectivity index (χ1n) is 8.86. The van der Waals surface area contributed by atoms with Gasteiger partial charge in [0, 0.05) is 18.7 Å². The zero-order valence-corrected chi connectivity index (χ0v) is 16.3. The van der Waals surface area contributed by atoms with E-state index >= 15 is 0 Å². The van der Waals surface area contributed by atoms with Gasteiger partial charge in [-0.25, -0.2) is 0 Å². The quantitative estimate of drug-likeness (QED) is 0.740. The van der Waals surface area contributed by atoms with Crippen molar-refractivity contribution in [1.29, 1.82) is 0 Å². The average molecular weight is 372 g/mol. The van der Waals surface area contributed by atoms with Crippen LogP contribution in [0.4, 0.5) is 0 Å². The SMILES string of the molecule is COc1cc(C(=S)N2C[C@@H](C)O[C@H](C)C2)ccc1OCc1ccccc1. The lowest BCUT2D eigenvalue weighted by atomic mass is 10.1. The van der Waals surface area contributed by atoms with Crippen molar-refractivity contribution in [2.24, 2.45) is 0 Å². The molecule has 4 nitrogen and oxygen atoms in total. The van der Waals surface area contributed by atoms with Gasteiger partial charge in [0.05, 0.1) is 19.3 Å². The van der Waals surface area contributed by atoms with Crippen molar-refractivity contribution in [1.82, 2.24) is 4.90 Å². The van der Waals surface area contributed by atoms with Crippen molar-refractivity contribution in [3.8, 4) is 11.5 Å². The molecule has 1 aliphatic rings. The minimum Gasteiger partial charge on any atom is -0.493 e. The Labute approximate surface area is 160 Å². The van der Waals surface area contributed by atoms with Crippen LogP contribution in [-0.4, -0.2) is 42.3 Å². The molecule has 2 aromatic carbocycles. The Morgan fingerprint density at radius 3 is 2.42 bits per heavy atom. The fourth-order valence-electron chi connectivity index (χ4n) is 3.18. The zero-order valence-electron chi connectivity index (χ0n) is 15.5. The van der Waals surface area contributed by atoms with Crippen LogP contribution in [0.5, 0.6) is 11.5 Å². The van der Waals surface area contributed by atoms with E-state index in [1.54, 1.807) is 7.11 Å². The average Bonchev–Trinajstić information content (AvgIpc) is 2.65.